The molecule has 34 heavy (non-hydrogen) atoms. The van der Waals surface area contributed by atoms with Gasteiger partial charge in [-0.1, -0.05) is 25.3 Å². The number of fused-ring (bicyclic) bond motifs is 2. The average molecular weight is 466 g/mol. The van der Waals surface area contributed by atoms with Gasteiger partial charge in [0.1, 0.15) is 11.7 Å². The van der Waals surface area contributed by atoms with Crippen molar-refractivity contribution in [2.45, 2.75) is 56.4 Å². The normalized spacial score (nSPS) is 20.4. The van der Waals surface area contributed by atoms with Gasteiger partial charge >= 0.3 is 0 Å². The molecule has 1 saturated heterocycles. The highest BCUT2D eigenvalue weighted by molar-refractivity contribution is 6.07. The summed E-state index contributed by atoms with van der Waals surface area (Å²) in [7, 11) is 1.75. The van der Waals surface area contributed by atoms with E-state index in [1.165, 1.54) is 6.20 Å². The molecule has 3 aliphatic rings. The topological polar surface area (TPSA) is 114 Å². The summed E-state index contributed by atoms with van der Waals surface area (Å²) in [6.45, 7) is 1.12. The van der Waals surface area contributed by atoms with E-state index >= 15 is 0 Å². The Morgan fingerprint density at radius 1 is 1.21 bits per heavy atom. The highest BCUT2D eigenvalue weighted by atomic mass is 16.5. The van der Waals surface area contributed by atoms with E-state index in [0.29, 0.717) is 37.4 Å². The van der Waals surface area contributed by atoms with Crippen LogP contribution in [0.5, 0.6) is 0 Å². The van der Waals surface area contributed by atoms with Crippen LogP contribution in [0.4, 0.5) is 11.4 Å². The molecule has 0 bridgehead atoms. The van der Waals surface area contributed by atoms with Gasteiger partial charge in [0.15, 0.2) is 0 Å². The first-order valence-corrected chi connectivity index (χ1v) is 12.1. The minimum atomic E-state index is -0.646. The molecule has 0 unspecified atom stereocenters. The van der Waals surface area contributed by atoms with Crippen LogP contribution in [-0.2, 0) is 26.8 Å². The van der Waals surface area contributed by atoms with E-state index in [1.54, 1.807) is 17.9 Å². The molecule has 5 rings (SSSR count). The van der Waals surface area contributed by atoms with Crippen molar-refractivity contribution < 1.29 is 19.1 Å². The Kier molecular flexibility index (Phi) is 6.12. The van der Waals surface area contributed by atoms with Crippen molar-refractivity contribution in [1.82, 2.24) is 14.9 Å². The second-order valence-electron chi connectivity index (χ2n) is 9.64. The number of aromatic nitrogens is 2. The first-order valence-electron chi connectivity index (χ1n) is 12.1. The van der Waals surface area contributed by atoms with Gasteiger partial charge < -0.3 is 25.3 Å². The predicted molar refractivity (Wildman–Crippen MR) is 126 cm³/mol. The molecule has 2 fully saturated rings. The Balaban J connectivity index is 1.35. The Labute approximate surface area is 198 Å². The van der Waals surface area contributed by atoms with Crippen molar-refractivity contribution in [3.05, 3.63) is 42.0 Å². The fourth-order valence-electron chi connectivity index (χ4n) is 5.60. The summed E-state index contributed by atoms with van der Waals surface area (Å²) in [5, 5.41) is 8.94. The van der Waals surface area contributed by atoms with E-state index in [0.717, 1.165) is 43.4 Å². The van der Waals surface area contributed by atoms with Crippen LogP contribution < -0.4 is 16.0 Å². The minimum Gasteiger partial charge on any atom is -0.381 e. The van der Waals surface area contributed by atoms with Crippen molar-refractivity contribution >= 4 is 29.1 Å². The highest BCUT2D eigenvalue weighted by Gasteiger charge is 2.47. The van der Waals surface area contributed by atoms with E-state index in [-0.39, 0.29) is 23.6 Å². The first-order chi connectivity index (χ1) is 16.5. The summed E-state index contributed by atoms with van der Waals surface area (Å²) in [6.07, 6.45) is 9.41. The molecule has 1 atom stereocenters. The molecule has 1 aromatic carbocycles. The average Bonchev–Trinajstić information content (AvgIpc) is 3.39. The summed E-state index contributed by atoms with van der Waals surface area (Å²) < 4.78 is 7.11. The summed E-state index contributed by atoms with van der Waals surface area (Å²) in [5.74, 6) is -0.482. The number of hydrogen-bond donors (Lipinski definition) is 3. The molecule has 1 aliphatic carbocycles. The van der Waals surface area contributed by atoms with E-state index in [1.807, 2.05) is 18.2 Å². The number of hydrogen-bond acceptors (Lipinski definition) is 5. The number of imidazole rings is 1. The standard InChI is InChI=1S/C25H31N5O4/c1-30-15-26-14-20(30)22(31)29-21(16-5-3-2-4-6-16)23(32)27-17-7-8-18-19(13-17)28-24(33)25(18)9-11-34-12-10-25/h7-8,13-16,21H,2-6,9-12H2,1H3,(H,27,32)(H,28,33)(H,29,31)/t21-/m0/s1. The molecule has 2 aliphatic heterocycles. The molecule has 1 spiro atoms. The third kappa shape index (κ3) is 4.09. The number of carbonyl (C=O) groups is 3. The van der Waals surface area contributed by atoms with E-state index in [2.05, 4.69) is 20.9 Å². The monoisotopic (exact) mass is 465 g/mol. The molecule has 1 saturated carbocycles. The molecule has 9 heteroatoms. The maximum absolute atomic E-state index is 13.4. The van der Waals surface area contributed by atoms with Crippen LogP contribution in [0.15, 0.2) is 30.7 Å². The Bertz CT molecular complexity index is 1100. The maximum atomic E-state index is 13.4. The lowest BCUT2D eigenvalue weighted by atomic mass is 9.75. The molecule has 3 N–H and O–H groups in total. The van der Waals surface area contributed by atoms with Crippen LogP contribution in [0.2, 0.25) is 0 Å². The molecule has 9 nitrogen and oxygen atoms in total. The zero-order valence-electron chi connectivity index (χ0n) is 19.4. The number of carbonyl (C=O) groups excluding carboxylic acids is 3. The van der Waals surface area contributed by atoms with Crippen molar-refractivity contribution in [1.29, 1.82) is 0 Å². The molecule has 3 amide bonds. The minimum absolute atomic E-state index is 0.00204. The summed E-state index contributed by atoms with van der Waals surface area (Å²) >= 11 is 0. The zero-order valence-corrected chi connectivity index (χ0v) is 19.4. The van der Waals surface area contributed by atoms with E-state index in [9.17, 15) is 14.4 Å². The van der Waals surface area contributed by atoms with Crippen LogP contribution in [0.25, 0.3) is 0 Å². The van der Waals surface area contributed by atoms with Crippen LogP contribution in [-0.4, -0.2) is 46.5 Å². The van der Waals surface area contributed by atoms with E-state index < -0.39 is 11.5 Å². The number of benzene rings is 1. The van der Waals surface area contributed by atoms with Gasteiger partial charge in [-0.15, -0.1) is 0 Å². The fourth-order valence-corrected chi connectivity index (χ4v) is 5.60. The summed E-state index contributed by atoms with van der Waals surface area (Å²) in [5.41, 5.74) is 2.17. The third-order valence-electron chi connectivity index (χ3n) is 7.57. The number of nitrogens with zero attached hydrogens (tertiary/aromatic N) is 2. The number of aryl methyl sites for hydroxylation is 1. The van der Waals surface area contributed by atoms with Gasteiger partial charge in [-0.3, -0.25) is 14.4 Å². The molecule has 180 valence electrons. The number of rotatable bonds is 5. The molecule has 2 aromatic rings. The van der Waals surface area contributed by atoms with Gasteiger partial charge in [0.2, 0.25) is 11.8 Å². The first kappa shape index (κ1) is 22.6. The molecular formula is C25H31N5O4. The van der Waals surface area contributed by atoms with Crippen molar-refractivity contribution in [2.24, 2.45) is 13.0 Å². The Hall–Kier alpha value is -3.20. The third-order valence-corrected chi connectivity index (χ3v) is 7.57. The predicted octanol–water partition coefficient (Wildman–Crippen LogP) is 2.74. The second-order valence-corrected chi connectivity index (χ2v) is 9.64. The van der Waals surface area contributed by atoms with Gasteiger partial charge in [0.05, 0.1) is 17.9 Å². The number of amides is 3. The van der Waals surface area contributed by atoms with E-state index in [4.69, 9.17) is 4.74 Å². The van der Waals surface area contributed by atoms with Crippen LogP contribution in [0.1, 0.15) is 61.0 Å². The van der Waals surface area contributed by atoms with Gasteiger partial charge in [-0.2, -0.15) is 0 Å². The lowest BCUT2D eigenvalue weighted by Crippen LogP contribution is -2.49. The lowest BCUT2D eigenvalue weighted by molar-refractivity contribution is -0.124. The lowest BCUT2D eigenvalue weighted by Gasteiger charge is -2.31. The fraction of sp³-hybridized carbons (Fsp3) is 0.520. The van der Waals surface area contributed by atoms with Crippen LogP contribution >= 0.6 is 0 Å². The van der Waals surface area contributed by atoms with Crippen LogP contribution in [0, 0.1) is 5.92 Å². The molecule has 1 aromatic heterocycles. The Morgan fingerprint density at radius 3 is 2.68 bits per heavy atom. The Morgan fingerprint density at radius 2 is 1.97 bits per heavy atom. The molecule has 3 heterocycles. The summed E-state index contributed by atoms with van der Waals surface area (Å²) in [6, 6.07) is 4.94. The largest absolute Gasteiger partial charge is 0.381 e. The smallest absolute Gasteiger partial charge is 0.270 e. The number of ether oxygens (including phenoxy) is 1. The molecular weight excluding hydrogens is 434 g/mol. The van der Waals surface area contributed by atoms with Gasteiger partial charge in [-0.05, 0) is 49.3 Å². The molecule has 0 radical (unpaired) electrons. The zero-order chi connectivity index (χ0) is 23.7. The summed E-state index contributed by atoms with van der Waals surface area (Å²) in [4.78, 5) is 43.1. The van der Waals surface area contributed by atoms with Gasteiger partial charge in [0.25, 0.3) is 5.91 Å². The van der Waals surface area contributed by atoms with Crippen molar-refractivity contribution in [2.75, 3.05) is 23.8 Å². The number of anilines is 2. The van der Waals surface area contributed by atoms with Crippen molar-refractivity contribution in [3.63, 3.8) is 0 Å². The maximum Gasteiger partial charge on any atom is 0.270 e. The number of nitrogens with one attached hydrogen (secondary N) is 3. The van der Waals surface area contributed by atoms with Crippen LogP contribution in [0.3, 0.4) is 0 Å². The van der Waals surface area contributed by atoms with Gasteiger partial charge in [-0.25, -0.2) is 4.98 Å². The highest BCUT2D eigenvalue weighted by Crippen LogP contribution is 2.45. The van der Waals surface area contributed by atoms with Gasteiger partial charge in [0, 0.05) is 31.6 Å². The van der Waals surface area contributed by atoms with Crippen molar-refractivity contribution in [3.8, 4) is 0 Å². The quantitative estimate of drug-likeness (QED) is 0.628. The second kappa shape index (κ2) is 9.21. The SMILES string of the molecule is Cn1cncc1C(=O)N[C@H](C(=O)Nc1ccc2c(c1)NC(=O)C21CCOCC1)C1CCCCC1.